The molecule has 0 unspecified atom stereocenters. The first-order valence-electron chi connectivity index (χ1n) is 7.34. The summed E-state index contributed by atoms with van der Waals surface area (Å²) >= 11 is 0. The molecule has 0 fully saturated rings. The smallest absolute Gasteiger partial charge is 0.137 e. The van der Waals surface area contributed by atoms with Crippen molar-refractivity contribution in [2.75, 3.05) is 22.9 Å². The minimum absolute atomic E-state index is 0.701. The van der Waals surface area contributed by atoms with Gasteiger partial charge in [0.25, 0.3) is 0 Å². The van der Waals surface area contributed by atoms with E-state index in [9.17, 15) is 0 Å². The summed E-state index contributed by atoms with van der Waals surface area (Å²) in [5.74, 6) is 0.795. The Morgan fingerprint density at radius 3 is 2.64 bits per heavy atom. The SMILES string of the molecule is CCNc1cc2ncnc(NCc3ccccc3)c2cc1N. The number of rotatable bonds is 5. The maximum atomic E-state index is 6.10. The largest absolute Gasteiger partial charge is 0.397 e. The number of hydrogen-bond donors (Lipinski definition) is 3. The molecular weight excluding hydrogens is 274 g/mol. The van der Waals surface area contributed by atoms with Crippen LogP contribution in [0, 0.1) is 0 Å². The van der Waals surface area contributed by atoms with E-state index in [4.69, 9.17) is 5.73 Å². The van der Waals surface area contributed by atoms with Crippen LogP contribution in [0.3, 0.4) is 0 Å². The van der Waals surface area contributed by atoms with Crippen LogP contribution in [-0.2, 0) is 6.54 Å². The number of nitrogens with one attached hydrogen (secondary N) is 2. The van der Waals surface area contributed by atoms with E-state index < -0.39 is 0 Å². The topological polar surface area (TPSA) is 75.9 Å². The van der Waals surface area contributed by atoms with Gasteiger partial charge in [-0.15, -0.1) is 0 Å². The summed E-state index contributed by atoms with van der Waals surface area (Å²) in [6, 6.07) is 14.1. The van der Waals surface area contributed by atoms with Gasteiger partial charge < -0.3 is 16.4 Å². The van der Waals surface area contributed by atoms with Gasteiger partial charge in [0.15, 0.2) is 0 Å². The standard InChI is InChI=1S/C17H19N5/c1-2-19-16-9-15-13(8-14(16)18)17(22-11-21-15)20-10-12-6-4-3-5-7-12/h3-9,11,19H,2,10,18H2,1H3,(H,20,21,22). The monoisotopic (exact) mass is 293 g/mol. The van der Waals surface area contributed by atoms with Crippen molar-refractivity contribution in [2.24, 2.45) is 0 Å². The molecule has 4 N–H and O–H groups in total. The molecule has 0 aliphatic carbocycles. The molecule has 3 aromatic rings. The molecule has 0 spiro atoms. The van der Waals surface area contributed by atoms with Gasteiger partial charge in [0.2, 0.25) is 0 Å². The maximum Gasteiger partial charge on any atom is 0.137 e. The molecule has 5 heteroatoms. The number of aromatic nitrogens is 2. The van der Waals surface area contributed by atoms with E-state index in [1.165, 1.54) is 5.56 Å². The first kappa shape index (κ1) is 14.1. The van der Waals surface area contributed by atoms with E-state index >= 15 is 0 Å². The van der Waals surface area contributed by atoms with E-state index in [-0.39, 0.29) is 0 Å². The summed E-state index contributed by atoms with van der Waals surface area (Å²) in [7, 11) is 0. The third kappa shape index (κ3) is 2.93. The van der Waals surface area contributed by atoms with Gasteiger partial charge in [0.05, 0.1) is 16.9 Å². The highest BCUT2D eigenvalue weighted by Gasteiger charge is 2.07. The summed E-state index contributed by atoms with van der Waals surface area (Å²) in [4.78, 5) is 8.67. The highest BCUT2D eigenvalue weighted by Crippen LogP contribution is 2.28. The number of benzene rings is 2. The minimum atomic E-state index is 0.701. The Bertz CT molecular complexity index is 771. The van der Waals surface area contributed by atoms with Crippen molar-refractivity contribution < 1.29 is 0 Å². The van der Waals surface area contributed by atoms with Crippen LogP contribution >= 0.6 is 0 Å². The third-order valence-electron chi connectivity index (χ3n) is 3.48. The Morgan fingerprint density at radius 1 is 1.05 bits per heavy atom. The van der Waals surface area contributed by atoms with Crippen LogP contribution in [0.15, 0.2) is 48.8 Å². The van der Waals surface area contributed by atoms with E-state index in [1.54, 1.807) is 6.33 Å². The molecule has 112 valence electrons. The average molecular weight is 293 g/mol. The van der Waals surface area contributed by atoms with Gasteiger partial charge in [-0.1, -0.05) is 30.3 Å². The Balaban J connectivity index is 1.91. The van der Waals surface area contributed by atoms with Crippen molar-refractivity contribution >= 4 is 28.1 Å². The highest BCUT2D eigenvalue weighted by atomic mass is 15.0. The lowest BCUT2D eigenvalue weighted by atomic mass is 10.1. The second-order valence-electron chi connectivity index (χ2n) is 5.05. The lowest BCUT2D eigenvalue weighted by molar-refractivity contribution is 1.10. The van der Waals surface area contributed by atoms with E-state index in [1.807, 2.05) is 37.3 Å². The number of nitrogens with zero attached hydrogens (tertiary/aromatic N) is 2. The molecule has 0 amide bonds. The summed E-state index contributed by atoms with van der Waals surface area (Å²) < 4.78 is 0. The lowest BCUT2D eigenvalue weighted by Gasteiger charge is -2.12. The molecule has 0 radical (unpaired) electrons. The Kier molecular flexibility index (Phi) is 4.05. The summed E-state index contributed by atoms with van der Waals surface area (Å²) in [5.41, 5.74) is 9.78. The molecule has 22 heavy (non-hydrogen) atoms. The van der Waals surface area contributed by atoms with Gasteiger partial charge in [-0.05, 0) is 24.6 Å². The minimum Gasteiger partial charge on any atom is -0.397 e. The molecule has 0 bridgehead atoms. The van der Waals surface area contributed by atoms with Gasteiger partial charge >= 0.3 is 0 Å². The van der Waals surface area contributed by atoms with Crippen molar-refractivity contribution in [3.05, 3.63) is 54.4 Å². The van der Waals surface area contributed by atoms with E-state index in [0.717, 1.165) is 29.0 Å². The number of nitrogens with two attached hydrogens (primary N) is 1. The molecule has 2 aromatic carbocycles. The lowest BCUT2D eigenvalue weighted by Crippen LogP contribution is -2.04. The van der Waals surface area contributed by atoms with E-state index in [2.05, 4.69) is 32.7 Å². The van der Waals surface area contributed by atoms with Crippen LogP contribution in [0.1, 0.15) is 12.5 Å². The van der Waals surface area contributed by atoms with Crippen molar-refractivity contribution in [1.29, 1.82) is 0 Å². The van der Waals surface area contributed by atoms with Crippen molar-refractivity contribution in [3.8, 4) is 0 Å². The molecule has 0 saturated carbocycles. The predicted octanol–water partition coefficient (Wildman–Crippen LogP) is 3.26. The number of anilines is 3. The van der Waals surface area contributed by atoms with Crippen LogP contribution in [0.4, 0.5) is 17.2 Å². The summed E-state index contributed by atoms with van der Waals surface area (Å²) in [6.07, 6.45) is 1.57. The van der Waals surface area contributed by atoms with Crippen LogP contribution in [0.25, 0.3) is 10.9 Å². The van der Waals surface area contributed by atoms with Crippen molar-refractivity contribution in [2.45, 2.75) is 13.5 Å². The van der Waals surface area contributed by atoms with Crippen LogP contribution < -0.4 is 16.4 Å². The zero-order valence-electron chi connectivity index (χ0n) is 12.5. The maximum absolute atomic E-state index is 6.10. The van der Waals surface area contributed by atoms with Gasteiger partial charge in [-0.25, -0.2) is 9.97 Å². The molecular formula is C17H19N5. The van der Waals surface area contributed by atoms with Crippen molar-refractivity contribution in [1.82, 2.24) is 9.97 Å². The molecule has 3 rings (SSSR count). The number of fused-ring (bicyclic) bond motifs is 1. The number of hydrogen-bond acceptors (Lipinski definition) is 5. The molecule has 0 aliphatic rings. The Morgan fingerprint density at radius 2 is 1.86 bits per heavy atom. The fourth-order valence-corrected chi connectivity index (χ4v) is 2.39. The fourth-order valence-electron chi connectivity index (χ4n) is 2.39. The van der Waals surface area contributed by atoms with Gasteiger partial charge in [-0.3, -0.25) is 0 Å². The zero-order chi connectivity index (χ0) is 15.4. The molecule has 1 heterocycles. The molecule has 5 nitrogen and oxygen atoms in total. The first-order chi connectivity index (χ1) is 10.8. The average Bonchev–Trinajstić information content (AvgIpc) is 2.55. The van der Waals surface area contributed by atoms with Gasteiger partial charge in [-0.2, -0.15) is 0 Å². The second kappa shape index (κ2) is 6.30. The van der Waals surface area contributed by atoms with E-state index in [0.29, 0.717) is 12.2 Å². The van der Waals surface area contributed by atoms with Crippen LogP contribution in [-0.4, -0.2) is 16.5 Å². The molecule has 0 aliphatic heterocycles. The van der Waals surface area contributed by atoms with Gasteiger partial charge in [0.1, 0.15) is 12.1 Å². The Hall–Kier alpha value is -2.82. The summed E-state index contributed by atoms with van der Waals surface area (Å²) in [6.45, 7) is 3.57. The van der Waals surface area contributed by atoms with Crippen LogP contribution in [0.5, 0.6) is 0 Å². The molecule has 1 aromatic heterocycles. The zero-order valence-corrected chi connectivity index (χ0v) is 12.5. The highest BCUT2D eigenvalue weighted by molar-refractivity contribution is 5.95. The molecule has 0 atom stereocenters. The quantitative estimate of drug-likeness (QED) is 0.630. The number of nitrogen functional groups attached to an aromatic ring is 1. The normalized spacial score (nSPS) is 10.6. The predicted molar refractivity (Wildman–Crippen MR) is 91.9 cm³/mol. The summed E-state index contributed by atoms with van der Waals surface area (Å²) in [5, 5.41) is 7.52. The van der Waals surface area contributed by atoms with Gasteiger partial charge in [0, 0.05) is 18.5 Å². The van der Waals surface area contributed by atoms with Crippen molar-refractivity contribution in [3.63, 3.8) is 0 Å². The Labute approximate surface area is 129 Å². The first-order valence-corrected chi connectivity index (χ1v) is 7.34. The van der Waals surface area contributed by atoms with Crippen LogP contribution in [0.2, 0.25) is 0 Å². The fraction of sp³-hybridized carbons (Fsp3) is 0.176. The third-order valence-corrected chi connectivity index (χ3v) is 3.48. The molecule has 0 saturated heterocycles. The second-order valence-corrected chi connectivity index (χ2v) is 5.05.